The number of carboxylic acid groups (broad SMARTS) is 1. The molecule has 5 nitrogen and oxygen atoms in total. The van der Waals surface area contributed by atoms with Crippen molar-refractivity contribution >= 4 is 22.8 Å². The van der Waals surface area contributed by atoms with Crippen LogP contribution in [0.3, 0.4) is 0 Å². The number of H-pyrrole nitrogens is 1. The van der Waals surface area contributed by atoms with Gasteiger partial charge in [-0.15, -0.1) is 0 Å². The third-order valence-corrected chi connectivity index (χ3v) is 4.10. The summed E-state index contributed by atoms with van der Waals surface area (Å²) < 4.78 is 0. The number of fused-ring (bicyclic) bond motifs is 1. The van der Waals surface area contributed by atoms with Crippen LogP contribution < -0.4 is 5.32 Å². The Morgan fingerprint density at radius 3 is 2.70 bits per heavy atom. The first-order valence-corrected chi connectivity index (χ1v) is 8.16. The number of benzene rings is 1. The second-order valence-electron chi connectivity index (χ2n) is 5.78. The predicted octanol–water partition coefficient (Wildman–Crippen LogP) is 3.03. The molecule has 0 spiro atoms. The first-order valence-electron chi connectivity index (χ1n) is 8.16. The minimum Gasteiger partial charge on any atom is -0.480 e. The van der Waals surface area contributed by atoms with Crippen LogP contribution in [-0.4, -0.2) is 28.0 Å². The molecule has 3 N–H and O–H groups in total. The Bertz CT molecular complexity index is 691. The molecule has 0 fully saturated rings. The van der Waals surface area contributed by atoms with E-state index in [-0.39, 0.29) is 12.3 Å². The van der Waals surface area contributed by atoms with E-state index in [1.54, 1.807) is 0 Å². The highest BCUT2D eigenvalue weighted by Gasteiger charge is 2.20. The van der Waals surface area contributed by atoms with Gasteiger partial charge in [0.15, 0.2) is 0 Å². The van der Waals surface area contributed by atoms with E-state index in [4.69, 9.17) is 0 Å². The number of carboxylic acids is 1. The van der Waals surface area contributed by atoms with Crippen molar-refractivity contribution in [3.8, 4) is 0 Å². The molecule has 0 saturated heterocycles. The smallest absolute Gasteiger partial charge is 0.326 e. The minimum absolute atomic E-state index is 0.184. The van der Waals surface area contributed by atoms with Gasteiger partial charge in [0.1, 0.15) is 6.04 Å². The zero-order chi connectivity index (χ0) is 16.8. The highest BCUT2D eigenvalue weighted by Crippen LogP contribution is 2.22. The highest BCUT2D eigenvalue weighted by atomic mass is 16.4. The van der Waals surface area contributed by atoms with E-state index in [9.17, 15) is 14.7 Å². The van der Waals surface area contributed by atoms with Crippen LogP contribution in [-0.2, 0) is 22.4 Å². The summed E-state index contributed by atoms with van der Waals surface area (Å²) in [6.45, 7) is 4.09. The molecule has 1 heterocycles. The molecule has 0 saturated carbocycles. The Kier molecular flexibility index (Phi) is 5.79. The molecule has 0 aliphatic rings. The van der Waals surface area contributed by atoms with Crippen LogP contribution in [0, 0.1) is 0 Å². The van der Waals surface area contributed by atoms with Gasteiger partial charge in [-0.2, -0.15) is 0 Å². The monoisotopic (exact) mass is 316 g/mol. The number of carbonyl (C=O) groups excluding carboxylic acids is 1. The number of aryl methyl sites for hydroxylation is 1. The number of aromatic amines is 1. The first-order chi connectivity index (χ1) is 11.1. The fraction of sp³-hybridized carbons (Fsp3) is 0.444. The summed E-state index contributed by atoms with van der Waals surface area (Å²) in [6.07, 6.45) is 5.09. The lowest BCUT2D eigenvalue weighted by Gasteiger charge is -2.13. The topological polar surface area (TPSA) is 82.2 Å². The molecule has 1 unspecified atom stereocenters. The molecule has 2 rings (SSSR count). The van der Waals surface area contributed by atoms with Crippen LogP contribution in [0.2, 0.25) is 0 Å². The van der Waals surface area contributed by atoms with E-state index in [0.717, 1.165) is 35.7 Å². The standard InChI is InChI=1S/C18H24N2O3/c1-3-5-9-15(18(22)23)20-16(21)10-13-11-19-17-12(4-2)7-6-8-14(13)17/h6-8,11,15,19H,3-5,9-10H2,1-2H3,(H,20,21)(H,22,23). The lowest BCUT2D eigenvalue weighted by atomic mass is 10.0. The summed E-state index contributed by atoms with van der Waals surface area (Å²) >= 11 is 0. The van der Waals surface area contributed by atoms with E-state index < -0.39 is 12.0 Å². The van der Waals surface area contributed by atoms with Crippen LogP contribution >= 0.6 is 0 Å². The molecule has 23 heavy (non-hydrogen) atoms. The fourth-order valence-corrected chi connectivity index (χ4v) is 2.80. The van der Waals surface area contributed by atoms with Gasteiger partial charge in [-0.05, 0) is 24.0 Å². The molecule has 124 valence electrons. The Hall–Kier alpha value is -2.30. The van der Waals surface area contributed by atoms with Gasteiger partial charge in [0, 0.05) is 17.1 Å². The van der Waals surface area contributed by atoms with Gasteiger partial charge in [-0.3, -0.25) is 4.79 Å². The molecule has 1 atom stereocenters. The normalized spacial score (nSPS) is 12.3. The van der Waals surface area contributed by atoms with Crippen molar-refractivity contribution in [3.05, 3.63) is 35.5 Å². The lowest BCUT2D eigenvalue weighted by molar-refractivity contribution is -0.141. The summed E-state index contributed by atoms with van der Waals surface area (Å²) in [6, 6.07) is 5.23. The molecule has 5 heteroatoms. The Balaban J connectivity index is 2.09. The number of para-hydroxylation sites is 1. The van der Waals surface area contributed by atoms with Crippen molar-refractivity contribution in [2.24, 2.45) is 0 Å². The maximum absolute atomic E-state index is 12.2. The van der Waals surface area contributed by atoms with Crippen LogP contribution in [0.4, 0.5) is 0 Å². The summed E-state index contributed by atoms with van der Waals surface area (Å²) in [7, 11) is 0. The highest BCUT2D eigenvalue weighted by molar-refractivity contribution is 5.91. The molecule has 0 aliphatic carbocycles. The maximum Gasteiger partial charge on any atom is 0.326 e. The largest absolute Gasteiger partial charge is 0.480 e. The minimum atomic E-state index is -0.973. The average molecular weight is 316 g/mol. The van der Waals surface area contributed by atoms with E-state index in [1.165, 1.54) is 5.56 Å². The molecule has 2 aromatic rings. The van der Waals surface area contributed by atoms with E-state index in [0.29, 0.717) is 6.42 Å². The van der Waals surface area contributed by atoms with Gasteiger partial charge < -0.3 is 15.4 Å². The molecular weight excluding hydrogens is 292 g/mol. The van der Waals surface area contributed by atoms with Crippen molar-refractivity contribution in [1.82, 2.24) is 10.3 Å². The van der Waals surface area contributed by atoms with Gasteiger partial charge in [0.25, 0.3) is 0 Å². The summed E-state index contributed by atoms with van der Waals surface area (Å²) in [5.74, 6) is -1.23. The number of rotatable bonds is 8. The zero-order valence-corrected chi connectivity index (χ0v) is 13.7. The number of nitrogens with one attached hydrogen (secondary N) is 2. The molecule has 1 aromatic heterocycles. The van der Waals surface area contributed by atoms with Crippen molar-refractivity contribution in [3.63, 3.8) is 0 Å². The number of amides is 1. The predicted molar refractivity (Wildman–Crippen MR) is 90.5 cm³/mol. The molecule has 0 bridgehead atoms. The van der Waals surface area contributed by atoms with Crippen LogP contribution in [0.25, 0.3) is 10.9 Å². The van der Waals surface area contributed by atoms with Gasteiger partial charge in [0.2, 0.25) is 5.91 Å². The first kappa shape index (κ1) is 17.1. The zero-order valence-electron chi connectivity index (χ0n) is 13.7. The summed E-state index contributed by atoms with van der Waals surface area (Å²) in [4.78, 5) is 26.6. The van der Waals surface area contributed by atoms with E-state index in [1.807, 2.05) is 25.3 Å². The number of hydrogen-bond acceptors (Lipinski definition) is 2. The fourth-order valence-electron chi connectivity index (χ4n) is 2.80. The molecule has 1 aromatic carbocycles. The Morgan fingerprint density at radius 2 is 2.04 bits per heavy atom. The van der Waals surface area contributed by atoms with Gasteiger partial charge >= 0.3 is 5.97 Å². The van der Waals surface area contributed by atoms with Gasteiger partial charge in [0.05, 0.1) is 6.42 Å². The van der Waals surface area contributed by atoms with Crippen LogP contribution in [0.1, 0.15) is 44.2 Å². The van der Waals surface area contributed by atoms with Crippen molar-refractivity contribution in [2.45, 2.75) is 52.0 Å². The number of aromatic nitrogens is 1. The van der Waals surface area contributed by atoms with Gasteiger partial charge in [-0.25, -0.2) is 4.79 Å². The molecule has 1 amide bonds. The maximum atomic E-state index is 12.2. The van der Waals surface area contributed by atoms with E-state index >= 15 is 0 Å². The molecule has 0 aliphatic heterocycles. The third kappa shape index (κ3) is 4.12. The second kappa shape index (κ2) is 7.81. The Morgan fingerprint density at radius 1 is 1.26 bits per heavy atom. The SMILES string of the molecule is CCCCC(NC(=O)Cc1c[nH]c2c(CC)cccc12)C(=O)O. The third-order valence-electron chi connectivity index (χ3n) is 4.10. The summed E-state index contributed by atoms with van der Waals surface area (Å²) in [5, 5.41) is 12.9. The van der Waals surface area contributed by atoms with E-state index in [2.05, 4.69) is 23.3 Å². The van der Waals surface area contributed by atoms with Crippen LogP contribution in [0.5, 0.6) is 0 Å². The average Bonchev–Trinajstić information content (AvgIpc) is 2.94. The van der Waals surface area contributed by atoms with Crippen LogP contribution in [0.15, 0.2) is 24.4 Å². The summed E-state index contributed by atoms with van der Waals surface area (Å²) in [5.41, 5.74) is 3.16. The lowest BCUT2D eigenvalue weighted by Crippen LogP contribution is -2.41. The molecular formula is C18H24N2O3. The Labute approximate surface area is 136 Å². The van der Waals surface area contributed by atoms with Crippen molar-refractivity contribution in [1.29, 1.82) is 0 Å². The second-order valence-corrected chi connectivity index (χ2v) is 5.78. The number of unbranched alkanes of at least 4 members (excludes halogenated alkanes) is 1. The molecule has 0 radical (unpaired) electrons. The van der Waals surface area contributed by atoms with Gasteiger partial charge in [-0.1, -0.05) is 44.9 Å². The van der Waals surface area contributed by atoms with Crippen molar-refractivity contribution in [2.75, 3.05) is 0 Å². The number of hydrogen-bond donors (Lipinski definition) is 3. The van der Waals surface area contributed by atoms with Crippen molar-refractivity contribution < 1.29 is 14.7 Å². The quantitative estimate of drug-likeness (QED) is 0.700. The number of aliphatic carboxylic acids is 1. The number of carbonyl (C=O) groups is 2.